The number of ether oxygens (including phenoxy) is 1. The zero-order chi connectivity index (χ0) is 13.1. The molecule has 0 aliphatic carbocycles. The van der Waals surface area contributed by atoms with Crippen LogP contribution < -0.4 is 5.73 Å². The van der Waals surface area contributed by atoms with Gasteiger partial charge in [0.1, 0.15) is 0 Å². The maximum atomic E-state index is 11.3. The van der Waals surface area contributed by atoms with Crippen molar-refractivity contribution in [2.45, 2.75) is 26.8 Å². The summed E-state index contributed by atoms with van der Waals surface area (Å²) >= 11 is 0. The molecule has 1 aromatic heterocycles. The van der Waals surface area contributed by atoms with Gasteiger partial charge in [-0.2, -0.15) is 0 Å². The second-order valence-electron chi connectivity index (χ2n) is 4.17. The lowest BCUT2D eigenvalue weighted by molar-refractivity contribution is -0.143. The molecular weight excluding hydrogens is 230 g/mol. The zero-order valence-corrected chi connectivity index (χ0v) is 10.6. The van der Waals surface area contributed by atoms with Gasteiger partial charge in [-0.25, -0.2) is 4.98 Å². The quantitative estimate of drug-likeness (QED) is 0.837. The molecule has 2 N–H and O–H groups in total. The van der Waals surface area contributed by atoms with E-state index in [1.54, 1.807) is 6.92 Å². The van der Waals surface area contributed by atoms with Crippen LogP contribution in [0.15, 0.2) is 18.2 Å². The summed E-state index contributed by atoms with van der Waals surface area (Å²) in [6.45, 7) is 4.69. The molecule has 0 radical (unpaired) electrons. The highest BCUT2D eigenvalue weighted by molar-refractivity contribution is 5.79. The second-order valence-corrected chi connectivity index (χ2v) is 4.17. The van der Waals surface area contributed by atoms with E-state index in [0.717, 1.165) is 16.6 Å². The van der Waals surface area contributed by atoms with Crippen molar-refractivity contribution < 1.29 is 9.53 Å². The number of carbonyl (C=O) groups is 1. The molecular formula is C13H17N3O2. The fourth-order valence-electron chi connectivity index (χ4n) is 1.93. The van der Waals surface area contributed by atoms with E-state index in [4.69, 9.17) is 10.5 Å². The number of aromatic nitrogens is 2. The third-order valence-corrected chi connectivity index (χ3v) is 2.78. The van der Waals surface area contributed by atoms with Crippen molar-refractivity contribution in [2.24, 2.45) is 0 Å². The Morgan fingerprint density at radius 3 is 3.00 bits per heavy atom. The Morgan fingerprint density at radius 2 is 2.28 bits per heavy atom. The highest BCUT2D eigenvalue weighted by atomic mass is 16.5. The Morgan fingerprint density at radius 1 is 1.50 bits per heavy atom. The van der Waals surface area contributed by atoms with E-state index in [1.165, 1.54) is 0 Å². The predicted molar refractivity (Wildman–Crippen MR) is 70.1 cm³/mol. The molecule has 0 atom stereocenters. The SMILES string of the molecule is CCOC(=O)CCn1c(N)nc2cc(C)ccc21. The normalized spacial score (nSPS) is 10.8. The van der Waals surface area contributed by atoms with Crippen LogP contribution in [0.1, 0.15) is 18.9 Å². The van der Waals surface area contributed by atoms with Gasteiger partial charge < -0.3 is 15.0 Å². The number of imidazole rings is 1. The molecule has 0 fully saturated rings. The molecule has 0 spiro atoms. The summed E-state index contributed by atoms with van der Waals surface area (Å²) in [6, 6.07) is 5.95. The Kier molecular flexibility index (Phi) is 3.50. The van der Waals surface area contributed by atoms with Gasteiger partial charge in [0.05, 0.1) is 24.1 Å². The van der Waals surface area contributed by atoms with Gasteiger partial charge in [-0.05, 0) is 31.5 Å². The van der Waals surface area contributed by atoms with Crippen LogP contribution in [-0.2, 0) is 16.1 Å². The van der Waals surface area contributed by atoms with Crippen LogP contribution in [-0.4, -0.2) is 22.1 Å². The molecule has 1 heterocycles. The largest absolute Gasteiger partial charge is 0.466 e. The highest BCUT2D eigenvalue weighted by Crippen LogP contribution is 2.19. The van der Waals surface area contributed by atoms with Gasteiger partial charge in [-0.15, -0.1) is 0 Å². The molecule has 0 aliphatic rings. The van der Waals surface area contributed by atoms with Crippen molar-refractivity contribution in [2.75, 3.05) is 12.3 Å². The van der Waals surface area contributed by atoms with E-state index in [0.29, 0.717) is 25.5 Å². The first-order valence-electron chi connectivity index (χ1n) is 5.99. The highest BCUT2D eigenvalue weighted by Gasteiger charge is 2.10. The number of hydrogen-bond donors (Lipinski definition) is 1. The molecule has 0 saturated heterocycles. The smallest absolute Gasteiger partial charge is 0.307 e. The lowest BCUT2D eigenvalue weighted by atomic mass is 10.2. The number of hydrogen-bond acceptors (Lipinski definition) is 4. The third kappa shape index (κ3) is 2.45. The first-order chi connectivity index (χ1) is 8.61. The molecule has 2 rings (SSSR count). The average Bonchev–Trinajstić information content (AvgIpc) is 2.61. The fourth-order valence-corrected chi connectivity index (χ4v) is 1.93. The van der Waals surface area contributed by atoms with Gasteiger partial charge in [0.2, 0.25) is 5.95 Å². The van der Waals surface area contributed by atoms with Gasteiger partial charge in [0, 0.05) is 6.54 Å². The van der Waals surface area contributed by atoms with Crippen LogP contribution in [0.2, 0.25) is 0 Å². The molecule has 96 valence electrons. The van der Waals surface area contributed by atoms with Crippen LogP contribution >= 0.6 is 0 Å². The van der Waals surface area contributed by atoms with Crippen molar-refractivity contribution in [1.82, 2.24) is 9.55 Å². The Bertz CT molecular complexity index is 575. The van der Waals surface area contributed by atoms with E-state index in [2.05, 4.69) is 4.98 Å². The zero-order valence-electron chi connectivity index (χ0n) is 10.6. The Labute approximate surface area is 106 Å². The number of nitrogen functional groups attached to an aromatic ring is 1. The van der Waals surface area contributed by atoms with Crippen molar-refractivity contribution in [1.29, 1.82) is 0 Å². The number of aryl methyl sites for hydroxylation is 2. The molecule has 1 aromatic carbocycles. The van der Waals surface area contributed by atoms with E-state index >= 15 is 0 Å². The molecule has 0 unspecified atom stereocenters. The molecule has 0 aliphatic heterocycles. The summed E-state index contributed by atoms with van der Waals surface area (Å²) in [5, 5.41) is 0. The Hall–Kier alpha value is -2.04. The second kappa shape index (κ2) is 5.08. The van der Waals surface area contributed by atoms with Crippen LogP contribution in [0, 0.1) is 6.92 Å². The number of carbonyl (C=O) groups excluding carboxylic acids is 1. The van der Waals surface area contributed by atoms with Crippen LogP contribution in [0.5, 0.6) is 0 Å². The van der Waals surface area contributed by atoms with E-state index in [9.17, 15) is 4.79 Å². The van der Waals surface area contributed by atoms with Crippen molar-refractivity contribution in [3.63, 3.8) is 0 Å². The number of fused-ring (bicyclic) bond motifs is 1. The lowest BCUT2D eigenvalue weighted by Crippen LogP contribution is -2.10. The summed E-state index contributed by atoms with van der Waals surface area (Å²) < 4.78 is 6.74. The van der Waals surface area contributed by atoms with E-state index in [-0.39, 0.29) is 5.97 Å². The minimum atomic E-state index is -0.217. The maximum Gasteiger partial charge on any atom is 0.307 e. The molecule has 18 heavy (non-hydrogen) atoms. The molecule has 0 bridgehead atoms. The summed E-state index contributed by atoms with van der Waals surface area (Å²) in [7, 11) is 0. The minimum Gasteiger partial charge on any atom is -0.466 e. The number of nitrogens with two attached hydrogens (primary N) is 1. The van der Waals surface area contributed by atoms with Gasteiger partial charge >= 0.3 is 5.97 Å². The average molecular weight is 247 g/mol. The number of benzene rings is 1. The van der Waals surface area contributed by atoms with Crippen LogP contribution in [0.25, 0.3) is 11.0 Å². The summed E-state index contributed by atoms with van der Waals surface area (Å²) in [5.74, 6) is 0.214. The summed E-state index contributed by atoms with van der Waals surface area (Å²) in [5.41, 5.74) is 8.80. The topological polar surface area (TPSA) is 70.1 Å². The van der Waals surface area contributed by atoms with Gasteiger partial charge in [-0.3, -0.25) is 4.79 Å². The van der Waals surface area contributed by atoms with Crippen molar-refractivity contribution in [3.05, 3.63) is 23.8 Å². The Balaban J connectivity index is 2.22. The molecule has 0 saturated carbocycles. The molecule has 5 heteroatoms. The first kappa shape index (κ1) is 12.4. The molecule has 0 amide bonds. The molecule has 5 nitrogen and oxygen atoms in total. The summed E-state index contributed by atoms with van der Waals surface area (Å²) in [4.78, 5) is 15.6. The monoisotopic (exact) mass is 247 g/mol. The lowest BCUT2D eigenvalue weighted by Gasteiger charge is -2.06. The van der Waals surface area contributed by atoms with E-state index < -0.39 is 0 Å². The molecule has 2 aromatic rings. The third-order valence-electron chi connectivity index (χ3n) is 2.78. The van der Waals surface area contributed by atoms with Crippen LogP contribution in [0.3, 0.4) is 0 Å². The number of nitrogens with zero attached hydrogens (tertiary/aromatic N) is 2. The maximum absolute atomic E-state index is 11.3. The van der Waals surface area contributed by atoms with Crippen LogP contribution in [0.4, 0.5) is 5.95 Å². The fraction of sp³-hybridized carbons (Fsp3) is 0.385. The summed E-state index contributed by atoms with van der Waals surface area (Å²) in [6.07, 6.45) is 0.303. The van der Waals surface area contributed by atoms with E-state index in [1.807, 2.05) is 29.7 Å². The standard InChI is InChI=1S/C13H17N3O2/c1-3-18-12(17)6-7-16-11-5-4-9(2)8-10(11)15-13(16)14/h4-5,8H,3,6-7H2,1-2H3,(H2,14,15). The van der Waals surface area contributed by atoms with Crippen molar-refractivity contribution in [3.8, 4) is 0 Å². The minimum absolute atomic E-state index is 0.217. The number of anilines is 1. The number of rotatable bonds is 4. The first-order valence-corrected chi connectivity index (χ1v) is 5.99. The van der Waals surface area contributed by atoms with Gasteiger partial charge in [0.25, 0.3) is 0 Å². The van der Waals surface area contributed by atoms with Gasteiger partial charge in [-0.1, -0.05) is 6.07 Å². The van der Waals surface area contributed by atoms with Gasteiger partial charge in [0.15, 0.2) is 0 Å². The number of esters is 1. The predicted octanol–water partition coefficient (Wildman–Crippen LogP) is 1.88. The van der Waals surface area contributed by atoms with Crippen molar-refractivity contribution >= 4 is 23.0 Å².